The molecule has 0 aliphatic carbocycles. The molecule has 35 heavy (non-hydrogen) atoms. The molecule has 0 saturated carbocycles. The number of hydrogen-bond acceptors (Lipinski definition) is 1. The van der Waals surface area contributed by atoms with Crippen LogP contribution >= 0.6 is 0 Å². The van der Waals surface area contributed by atoms with Crippen LogP contribution in [0.4, 0.5) is 0 Å². The van der Waals surface area contributed by atoms with Crippen LogP contribution in [0.3, 0.4) is 0 Å². The van der Waals surface area contributed by atoms with Gasteiger partial charge in [-0.05, 0) is 25.7 Å². The second-order valence-electron chi connectivity index (χ2n) is 11.8. The Hall–Kier alpha value is -0.790. The Balaban J connectivity index is 2.17. The average molecular weight is 489 g/mol. The molecule has 2 heteroatoms. The third kappa shape index (κ3) is 15.8. The van der Waals surface area contributed by atoms with Gasteiger partial charge in [-0.2, -0.15) is 0 Å². The van der Waals surface area contributed by atoms with E-state index in [4.69, 9.17) is 4.98 Å². The molecular weight excluding hydrogens is 424 g/mol. The first-order valence-corrected chi connectivity index (χ1v) is 16.1. The summed E-state index contributed by atoms with van der Waals surface area (Å²) in [4.78, 5) is 4.87. The molecule has 2 nitrogen and oxygen atoms in total. The van der Waals surface area contributed by atoms with Gasteiger partial charge in [-0.3, -0.25) is 0 Å². The molecule has 1 rings (SSSR count). The summed E-state index contributed by atoms with van der Waals surface area (Å²) < 4.78 is 2.52. The predicted molar refractivity (Wildman–Crippen MR) is 157 cm³/mol. The molecule has 1 heterocycles. The van der Waals surface area contributed by atoms with Gasteiger partial charge in [0.15, 0.2) is 0 Å². The normalized spacial score (nSPS) is 13.5. The Morgan fingerprint density at radius 1 is 0.571 bits per heavy atom. The molecule has 0 fully saturated rings. The number of nitrogens with zero attached hydrogens (tertiary/aromatic N) is 2. The van der Waals surface area contributed by atoms with Crippen molar-refractivity contribution < 1.29 is 0 Å². The molecule has 0 spiro atoms. The Morgan fingerprint density at radius 3 is 1.40 bits per heavy atom. The minimum absolute atomic E-state index is 0.579. The Labute approximate surface area is 221 Å². The zero-order chi connectivity index (χ0) is 25.6. The molecule has 206 valence electrons. The van der Waals surface area contributed by atoms with Crippen molar-refractivity contribution in [2.75, 3.05) is 0 Å². The largest absolute Gasteiger partial charge is 0.332 e. The van der Waals surface area contributed by atoms with Crippen LogP contribution in [0.2, 0.25) is 0 Å². The topological polar surface area (TPSA) is 17.8 Å². The minimum atomic E-state index is 0.579. The first-order valence-electron chi connectivity index (χ1n) is 16.1. The molecule has 0 amide bonds. The van der Waals surface area contributed by atoms with E-state index in [2.05, 4.69) is 45.4 Å². The van der Waals surface area contributed by atoms with Gasteiger partial charge in [0, 0.05) is 24.4 Å². The molecule has 0 aliphatic heterocycles. The number of aromatic nitrogens is 2. The van der Waals surface area contributed by atoms with Gasteiger partial charge >= 0.3 is 0 Å². The summed E-state index contributed by atoms with van der Waals surface area (Å²) in [6, 6.07) is 0.579. The molecule has 1 aromatic heterocycles. The van der Waals surface area contributed by atoms with E-state index < -0.39 is 0 Å². The van der Waals surface area contributed by atoms with E-state index in [9.17, 15) is 0 Å². The number of hydrogen-bond donors (Lipinski definition) is 0. The summed E-state index contributed by atoms with van der Waals surface area (Å²) in [5.41, 5.74) is 0. The second-order valence-corrected chi connectivity index (χ2v) is 11.8. The highest BCUT2D eigenvalue weighted by Crippen LogP contribution is 2.31. The Morgan fingerprint density at radius 2 is 0.971 bits per heavy atom. The van der Waals surface area contributed by atoms with E-state index in [0.717, 1.165) is 0 Å². The lowest BCUT2D eigenvalue weighted by Gasteiger charge is -2.25. The molecule has 0 aromatic carbocycles. The van der Waals surface area contributed by atoms with Crippen molar-refractivity contribution in [3.8, 4) is 0 Å². The van der Waals surface area contributed by atoms with Crippen LogP contribution in [0.25, 0.3) is 0 Å². The zero-order valence-corrected chi connectivity index (χ0v) is 24.8. The second kappa shape index (κ2) is 22.4. The van der Waals surface area contributed by atoms with E-state index >= 15 is 0 Å². The molecule has 0 aliphatic rings. The van der Waals surface area contributed by atoms with Crippen LogP contribution in [0.1, 0.15) is 194 Å². The molecule has 2 atom stereocenters. The van der Waals surface area contributed by atoms with Crippen molar-refractivity contribution in [2.45, 2.75) is 188 Å². The van der Waals surface area contributed by atoms with Gasteiger partial charge in [-0.25, -0.2) is 4.98 Å². The summed E-state index contributed by atoms with van der Waals surface area (Å²) in [5.74, 6) is 2.63. The van der Waals surface area contributed by atoms with Crippen molar-refractivity contribution in [3.05, 3.63) is 18.2 Å². The molecular formula is C33H64N2. The lowest BCUT2D eigenvalue weighted by atomic mass is 9.89. The van der Waals surface area contributed by atoms with Gasteiger partial charge in [0.2, 0.25) is 0 Å². The molecule has 0 bridgehead atoms. The fourth-order valence-corrected chi connectivity index (χ4v) is 5.66. The van der Waals surface area contributed by atoms with Gasteiger partial charge in [0.05, 0.1) is 0 Å². The van der Waals surface area contributed by atoms with E-state index in [1.807, 2.05) is 6.20 Å². The quantitative estimate of drug-likeness (QED) is 0.125. The number of unbranched alkanes of at least 4 members (excludes halogenated alkanes) is 18. The van der Waals surface area contributed by atoms with Gasteiger partial charge < -0.3 is 4.57 Å². The summed E-state index contributed by atoms with van der Waals surface area (Å²) in [7, 11) is 0. The van der Waals surface area contributed by atoms with E-state index in [1.165, 1.54) is 147 Å². The van der Waals surface area contributed by atoms with Gasteiger partial charge in [0.25, 0.3) is 0 Å². The van der Waals surface area contributed by atoms with E-state index in [1.54, 1.807) is 0 Å². The first-order chi connectivity index (χ1) is 17.1. The summed E-state index contributed by atoms with van der Waals surface area (Å²) in [6.45, 7) is 11.8. The summed E-state index contributed by atoms with van der Waals surface area (Å²) in [6.07, 6.45) is 35.3. The Bertz CT molecular complexity index is 561. The third-order valence-corrected chi connectivity index (χ3v) is 8.15. The lowest BCUT2D eigenvalue weighted by Crippen LogP contribution is -2.16. The maximum Gasteiger partial charge on any atom is 0.112 e. The van der Waals surface area contributed by atoms with Gasteiger partial charge in [-0.15, -0.1) is 0 Å². The van der Waals surface area contributed by atoms with Gasteiger partial charge in [0.1, 0.15) is 5.82 Å². The summed E-state index contributed by atoms with van der Waals surface area (Å²) >= 11 is 0. The highest BCUT2D eigenvalue weighted by atomic mass is 15.1. The molecule has 0 radical (unpaired) electrons. The van der Waals surface area contributed by atoms with Crippen LogP contribution < -0.4 is 0 Å². The van der Waals surface area contributed by atoms with Crippen molar-refractivity contribution in [1.82, 2.24) is 9.55 Å². The fraction of sp³-hybridized carbons (Fsp3) is 0.909. The van der Waals surface area contributed by atoms with Crippen LogP contribution in [0.15, 0.2) is 12.4 Å². The fourth-order valence-electron chi connectivity index (χ4n) is 5.66. The lowest BCUT2D eigenvalue weighted by molar-refractivity contribution is 0.382. The highest BCUT2D eigenvalue weighted by molar-refractivity contribution is 5.03. The third-order valence-electron chi connectivity index (χ3n) is 8.15. The number of rotatable bonds is 25. The van der Waals surface area contributed by atoms with Crippen molar-refractivity contribution in [1.29, 1.82) is 0 Å². The number of imidazole rings is 1. The maximum atomic E-state index is 4.87. The van der Waals surface area contributed by atoms with Gasteiger partial charge in [-0.1, -0.05) is 156 Å². The SMILES string of the molecule is CCCCCCCCCCCCCCCCC(C)n1ccnc1C(CCCCCCCC)C(C)C. The first kappa shape index (κ1) is 32.2. The van der Waals surface area contributed by atoms with Crippen molar-refractivity contribution in [3.63, 3.8) is 0 Å². The molecule has 2 unspecified atom stereocenters. The molecule has 0 N–H and O–H groups in total. The van der Waals surface area contributed by atoms with Crippen LogP contribution in [0, 0.1) is 5.92 Å². The van der Waals surface area contributed by atoms with Crippen molar-refractivity contribution >= 4 is 0 Å². The molecule has 0 saturated heterocycles. The van der Waals surface area contributed by atoms with Crippen LogP contribution in [0.5, 0.6) is 0 Å². The van der Waals surface area contributed by atoms with E-state index in [-0.39, 0.29) is 0 Å². The van der Waals surface area contributed by atoms with Crippen LogP contribution in [-0.2, 0) is 0 Å². The van der Waals surface area contributed by atoms with Crippen molar-refractivity contribution in [2.24, 2.45) is 5.92 Å². The van der Waals surface area contributed by atoms with Crippen LogP contribution in [-0.4, -0.2) is 9.55 Å². The van der Waals surface area contributed by atoms with E-state index in [0.29, 0.717) is 17.9 Å². The smallest absolute Gasteiger partial charge is 0.112 e. The highest BCUT2D eigenvalue weighted by Gasteiger charge is 2.22. The standard InChI is InChI=1S/C33H64N2/c1-6-8-10-12-14-15-16-17-18-19-20-21-22-24-26-31(5)35-29-28-34-33(35)32(30(3)4)27-25-23-13-11-9-7-2/h28-32H,6-27H2,1-5H3. The average Bonchev–Trinajstić information content (AvgIpc) is 3.33. The zero-order valence-electron chi connectivity index (χ0n) is 24.8. The maximum absolute atomic E-state index is 4.87. The minimum Gasteiger partial charge on any atom is -0.332 e. The predicted octanol–water partition coefficient (Wildman–Crippen LogP) is 11.8. The molecule has 1 aromatic rings. The summed E-state index contributed by atoms with van der Waals surface area (Å²) in [5, 5.41) is 0. The monoisotopic (exact) mass is 489 g/mol. The Kier molecular flexibility index (Phi) is 20.6.